The minimum Gasteiger partial charge on any atom is -0.493 e. The molecule has 0 bridgehead atoms. The van der Waals surface area contributed by atoms with Crippen LogP contribution < -0.4 is 9.47 Å². The molecule has 0 N–H and O–H groups in total. The van der Waals surface area contributed by atoms with Crippen LogP contribution in [0.15, 0.2) is 42.0 Å². The highest BCUT2D eigenvalue weighted by Crippen LogP contribution is 2.34. The number of nitro groups is 1. The van der Waals surface area contributed by atoms with Gasteiger partial charge in [0.1, 0.15) is 11.6 Å². The Morgan fingerprint density at radius 3 is 2.58 bits per heavy atom. The highest BCUT2D eigenvalue weighted by Gasteiger charge is 2.17. The molecule has 8 heteroatoms. The molecule has 0 spiro atoms. The summed E-state index contributed by atoms with van der Waals surface area (Å²) in [5.41, 5.74) is 0.284. The molecule has 0 atom stereocenters. The van der Waals surface area contributed by atoms with E-state index in [2.05, 4.69) is 22.6 Å². The fraction of sp³-hybridized carbons (Fsp3) is 0.111. The molecule has 0 aliphatic heterocycles. The highest BCUT2D eigenvalue weighted by molar-refractivity contribution is 14.1. The standard InChI is InChI=1S/C18H13IN2O5/c1-25-16-8-11(7-15(19)18(16)26-2)6-13(10-20)17(22)12-4-3-5-14(9-12)21(23)24/h3-9H,1-2H3/b13-6+. The first kappa shape index (κ1) is 19.4. The van der Waals surface area contributed by atoms with Gasteiger partial charge in [0, 0.05) is 17.7 Å². The number of carbonyl (C=O) groups is 1. The Kier molecular flexibility index (Phi) is 6.30. The average molecular weight is 464 g/mol. The molecule has 0 saturated heterocycles. The number of benzene rings is 2. The Labute approximate surface area is 163 Å². The van der Waals surface area contributed by atoms with Crippen molar-refractivity contribution < 1.29 is 19.2 Å². The molecule has 0 aliphatic rings. The zero-order chi connectivity index (χ0) is 19.3. The normalized spacial score (nSPS) is 10.8. The van der Waals surface area contributed by atoms with Crippen molar-refractivity contribution in [2.75, 3.05) is 14.2 Å². The molecular formula is C18H13IN2O5. The number of nitrogens with zero attached hydrogens (tertiary/aromatic N) is 2. The summed E-state index contributed by atoms with van der Waals surface area (Å²) in [5.74, 6) is 0.417. The van der Waals surface area contributed by atoms with Gasteiger partial charge in [-0.1, -0.05) is 12.1 Å². The Hall–Kier alpha value is -2.93. The zero-order valence-corrected chi connectivity index (χ0v) is 16.0. The van der Waals surface area contributed by atoms with Crippen molar-refractivity contribution in [3.8, 4) is 17.6 Å². The third kappa shape index (κ3) is 4.18. The van der Waals surface area contributed by atoms with Crippen LogP contribution in [0.4, 0.5) is 5.69 Å². The molecule has 0 aromatic heterocycles. The molecule has 0 saturated carbocycles. The van der Waals surface area contributed by atoms with Crippen LogP contribution in [0, 0.1) is 25.0 Å². The lowest BCUT2D eigenvalue weighted by atomic mass is 10.0. The van der Waals surface area contributed by atoms with Crippen LogP contribution in [-0.4, -0.2) is 24.9 Å². The van der Waals surface area contributed by atoms with Crippen LogP contribution in [0.2, 0.25) is 0 Å². The number of ether oxygens (including phenoxy) is 2. The number of methoxy groups -OCH3 is 2. The number of non-ortho nitro benzene ring substituents is 1. The van der Waals surface area contributed by atoms with Gasteiger partial charge in [0.05, 0.1) is 22.7 Å². The zero-order valence-electron chi connectivity index (χ0n) is 13.9. The van der Waals surface area contributed by atoms with Crippen molar-refractivity contribution >= 4 is 40.1 Å². The summed E-state index contributed by atoms with van der Waals surface area (Å²) < 4.78 is 11.3. The largest absolute Gasteiger partial charge is 0.493 e. The lowest BCUT2D eigenvalue weighted by Gasteiger charge is -2.10. The second-order valence-electron chi connectivity index (χ2n) is 5.04. The Morgan fingerprint density at radius 2 is 2.00 bits per heavy atom. The van der Waals surface area contributed by atoms with Crippen molar-refractivity contribution in [1.82, 2.24) is 0 Å². The third-order valence-electron chi connectivity index (χ3n) is 3.45. The maximum absolute atomic E-state index is 12.5. The molecule has 0 unspecified atom stereocenters. The molecule has 7 nitrogen and oxygen atoms in total. The summed E-state index contributed by atoms with van der Waals surface area (Å²) in [7, 11) is 3.00. The number of allylic oxidation sites excluding steroid dienone is 1. The summed E-state index contributed by atoms with van der Waals surface area (Å²) >= 11 is 2.06. The minimum absolute atomic E-state index is 0.0715. The average Bonchev–Trinajstić information content (AvgIpc) is 2.65. The van der Waals surface area contributed by atoms with E-state index in [0.717, 1.165) is 9.64 Å². The van der Waals surface area contributed by atoms with Crippen molar-refractivity contribution in [2.45, 2.75) is 0 Å². The number of Topliss-reactive ketones (excluding diaryl/α,β-unsaturated/α-hetero) is 1. The van der Waals surface area contributed by atoms with Crippen LogP contribution in [0.25, 0.3) is 6.08 Å². The number of ketones is 1. The molecule has 2 rings (SSSR count). The summed E-state index contributed by atoms with van der Waals surface area (Å²) in [6.07, 6.45) is 1.41. The second kappa shape index (κ2) is 8.44. The van der Waals surface area contributed by atoms with E-state index < -0.39 is 10.7 Å². The molecule has 2 aromatic rings. The van der Waals surface area contributed by atoms with Crippen LogP contribution in [-0.2, 0) is 0 Å². The predicted molar refractivity (Wildman–Crippen MR) is 103 cm³/mol. The van der Waals surface area contributed by atoms with Gasteiger partial charge < -0.3 is 9.47 Å². The number of nitriles is 1. The van der Waals surface area contributed by atoms with Crippen LogP contribution in [0.1, 0.15) is 15.9 Å². The quantitative estimate of drug-likeness (QED) is 0.160. The van der Waals surface area contributed by atoms with Gasteiger partial charge in [0.2, 0.25) is 5.78 Å². The van der Waals surface area contributed by atoms with Crippen molar-refractivity contribution in [3.63, 3.8) is 0 Å². The van der Waals surface area contributed by atoms with E-state index in [1.54, 1.807) is 12.1 Å². The lowest BCUT2D eigenvalue weighted by molar-refractivity contribution is -0.384. The van der Waals surface area contributed by atoms with Crippen molar-refractivity contribution in [2.24, 2.45) is 0 Å². The van der Waals surface area contributed by atoms with E-state index in [-0.39, 0.29) is 16.8 Å². The van der Waals surface area contributed by atoms with Crippen molar-refractivity contribution in [1.29, 1.82) is 5.26 Å². The summed E-state index contributed by atoms with van der Waals surface area (Å²) in [5, 5.41) is 20.2. The Morgan fingerprint density at radius 1 is 1.27 bits per heavy atom. The number of rotatable bonds is 6. The number of halogens is 1. The highest BCUT2D eigenvalue weighted by atomic mass is 127. The summed E-state index contributed by atoms with van der Waals surface area (Å²) in [6, 6.07) is 10.5. The molecule has 26 heavy (non-hydrogen) atoms. The number of carbonyl (C=O) groups excluding carboxylic acids is 1. The van der Waals surface area contributed by atoms with Crippen molar-refractivity contribution in [3.05, 3.63) is 66.8 Å². The Bertz CT molecular complexity index is 947. The number of hydrogen-bond acceptors (Lipinski definition) is 6. The fourth-order valence-corrected chi connectivity index (χ4v) is 3.10. The van der Waals surface area contributed by atoms with E-state index >= 15 is 0 Å². The van der Waals surface area contributed by atoms with Gasteiger partial charge in [-0.2, -0.15) is 5.26 Å². The maximum atomic E-state index is 12.5. The van der Waals surface area contributed by atoms with E-state index in [1.807, 2.05) is 6.07 Å². The molecule has 0 radical (unpaired) electrons. The van der Waals surface area contributed by atoms with Gasteiger partial charge in [-0.25, -0.2) is 0 Å². The van der Waals surface area contributed by atoms with Gasteiger partial charge in [-0.05, 0) is 46.4 Å². The molecule has 0 fully saturated rings. The second-order valence-corrected chi connectivity index (χ2v) is 6.21. The molecule has 0 aliphatic carbocycles. The van der Waals surface area contributed by atoms with E-state index in [9.17, 15) is 20.2 Å². The van der Waals surface area contributed by atoms with E-state index in [0.29, 0.717) is 17.1 Å². The molecule has 2 aromatic carbocycles. The predicted octanol–water partition coefficient (Wildman–Crippen LogP) is 4.01. The Balaban J connectivity index is 2.47. The summed E-state index contributed by atoms with van der Waals surface area (Å²) in [4.78, 5) is 22.8. The smallest absolute Gasteiger partial charge is 0.270 e. The van der Waals surface area contributed by atoms with Gasteiger partial charge in [-0.3, -0.25) is 14.9 Å². The first-order chi connectivity index (χ1) is 12.4. The molecule has 0 amide bonds. The molecule has 132 valence electrons. The SMILES string of the molecule is COc1cc(/C=C(\C#N)C(=O)c2cccc([N+](=O)[O-])c2)cc(I)c1OC. The maximum Gasteiger partial charge on any atom is 0.270 e. The number of nitro benzene ring substituents is 1. The minimum atomic E-state index is -0.596. The first-order valence-electron chi connectivity index (χ1n) is 7.23. The van der Waals surface area contributed by atoms with E-state index in [4.69, 9.17) is 9.47 Å². The van der Waals surface area contributed by atoms with E-state index in [1.165, 1.54) is 38.5 Å². The van der Waals surface area contributed by atoms with Crippen LogP contribution >= 0.6 is 22.6 Å². The molecular weight excluding hydrogens is 451 g/mol. The third-order valence-corrected chi connectivity index (χ3v) is 4.25. The fourth-order valence-electron chi connectivity index (χ4n) is 2.25. The number of hydrogen-bond donors (Lipinski definition) is 0. The van der Waals surface area contributed by atoms with Gasteiger partial charge in [0.25, 0.3) is 5.69 Å². The summed E-state index contributed by atoms with van der Waals surface area (Å²) in [6.45, 7) is 0. The lowest BCUT2D eigenvalue weighted by Crippen LogP contribution is -2.03. The monoisotopic (exact) mass is 464 g/mol. The first-order valence-corrected chi connectivity index (χ1v) is 8.31. The van der Waals surface area contributed by atoms with Crippen LogP contribution in [0.5, 0.6) is 11.5 Å². The van der Waals surface area contributed by atoms with Gasteiger partial charge in [0.15, 0.2) is 11.5 Å². The molecule has 0 heterocycles. The van der Waals surface area contributed by atoms with Gasteiger partial charge >= 0.3 is 0 Å². The van der Waals surface area contributed by atoms with Gasteiger partial charge in [-0.15, -0.1) is 0 Å². The van der Waals surface area contributed by atoms with Crippen LogP contribution in [0.3, 0.4) is 0 Å². The topological polar surface area (TPSA) is 102 Å².